The highest BCUT2D eigenvalue weighted by molar-refractivity contribution is 5.73. The van der Waals surface area contributed by atoms with Crippen molar-refractivity contribution >= 4 is 6.03 Å². The molecule has 0 saturated heterocycles. The lowest BCUT2D eigenvalue weighted by molar-refractivity contribution is 0.0918. The van der Waals surface area contributed by atoms with Crippen molar-refractivity contribution in [3.05, 3.63) is 48.0 Å². The number of carbonyl (C=O) groups is 1. The van der Waals surface area contributed by atoms with E-state index in [-0.39, 0.29) is 12.1 Å². The molecule has 26 heavy (non-hydrogen) atoms. The number of para-hydroxylation sites is 2. The van der Waals surface area contributed by atoms with Crippen molar-refractivity contribution in [2.75, 3.05) is 27.4 Å². The van der Waals surface area contributed by atoms with E-state index in [1.807, 2.05) is 36.4 Å². The first-order valence-electron chi connectivity index (χ1n) is 8.30. The van der Waals surface area contributed by atoms with Crippen molar-refractivity contribution in [2.24, 2.45) is 0 Å². The topological polar surface area (TPSA) is 78.1 Å². The van der Waals surface area contributed by atoms with Crippen LogP contribution in [0.2, 0.25) is 0 Å². The fraction of sp³-hybridized carbons (Fsp3) is 0.316. The molecule has 0 saturated carbocycles. The van der Waals surface area contributed by atoms with Crippen molar-refractivity contribution in [3.63, 3.8) is 0 Å². The normalized spacial score (nSPS) is 15.1. The molecule has 0 spiro atoms. The zero-order valence-corrected chi connectivity index (χ0v) is 14.8. The van der Waals surface area contributed by atoms with Gasteiger partial charge in [-0.15, -0.1) is 0 Å². The molecule has 2 aromatic carbocycles. The van der Waals surface area contributed by atoms with E-state index in [1.54, 1.807) is 20.3 Å². The number of ether oxygens (including phenoxy) is 4. The van der Waals surface area contributed by atoms with Gasteiger partial charge in [-0.25, -0.2) is 4.79 Å². The summed E-state index contributed by atoms with van der Waals surface area (Å²) < 4.78 is 21.9. The summed E-state index contributed by atoms with van der Waals surface area (Å²) in [6.45, 7) is 1.12. The number of benzene rings is 2. The van der Waals surface area contributed by atoms with E-state index < -0.39 is 0 Å². The van der Waals surface area contributed by atoms with Gasteiger partial charge in [0.05, 0.1) is 20.8 Å². The molecule has 1 aliphatic heterocycles. The number of carbonyl (C=O) groups excluding carboxylic acids is 1. The molecule has 0 unspecified atom stereocenters. The molecule has 1 atom stereocenters. The van der Waals surface area contributed by atoms with E-state index in [4.69, 9.17) is 18.9 Å². The van der Waals surface area contributed by atoms with Crippen LogP contribution in [0.3, 0.4) is 0 Å². The summed E-state index contributed by atoms with van der Waals surface area (Å²) in [5, 5.41) is 5.60. The molecule has 0 radical (unpaired) electrons. The molecule has 2 aromatic rings. The lowest BCUT2D eigenvalue weighted by Gasteiger charge is -2.26. The molecular weight excluding hydrogens is 336 g/mol. The summed E-state index contributed by atoms with van der Waals surface area (Å²) in [5.41, 5.74) is 0.906. The quantitative estimate of drug-likeness (QED) is 0.829. The molecule has 2 N–H and O–H groups in total. The van der Waals surface area contributed by atoms with Crippen LogP contribution in [0.25, 0.3) is 0 Å². The van der Waals surface area contributed by atoms with Crippen molar-refractivity contribution < 1.29 is 23.7 Å². The molecule has 3 rings (SSSR count). The van der Waals surface area contributed by atoms with Gasteiger partial charge in [0.25, 0.3) is 0 Å². The fourth-order valence-corrected chi connectivity index (χ4v) is 2.61. The van der Waals surface area contributed by atoms with Crippen molar-refractivity contribution in [3.8, 4) is 23.0 Å². The van der Waals surface area contributed by atoms with Crippen LogP contribution < -0.4 is 29.6 Å². The summed E-state index contributed by atoms with van der Waals surface area (Å²) in [6.07, 6.45) is -0.225. The van der Waals surface area contributed by atoms with Crippen LogP contribution >= 0.6 is 0 Å². The number of hydrogen-bond donors (Lipinski definition) is 2. The van der Waals surface area contributed by atoms with Crippen molar-refractivity contribution in [1.29, 1.82) is 0 Å². The largest absolute Gasteiger partial charge is 0.493 e. The first-order chi connectivity index (χ1) is 12.7. The van der Waals surface area contributed by atoms with Crippen LogP contribution in [0.1, 0.15) is 5.56 Å². The summed E-state index contributed by atoms with van der Waals surface area (Å²) in [4.78, 5) is 12.0. The third kappa shape index (κ3) is 4.30. The Kier molecular flexibility index (Phi) is 5.68. The molecule has 0 fully saturated rings. The highest BCUT2D eigenvalue weighted by Crippen LogP contribution is 2.30. The van der Waals surface area contributed by atoms with E-state index in [2.05, 4.69) is 10.6 Å². The average molecular weight is 358 g/mol. The monoisotopic (exact) mass is 358 g/mol. The number of rotatable bonds is 6. The van der Waals surface area contributed by atoms with E-state index in [0.717, 1.165) is 11.3 Å². The Labute approximate surface area is 152 Å². The van der Waals surface area contributed by atoms with Gasteiger partial charge >= 0.3 is 6.03 Å². The molecule has 7 heteroatoms. The zero-order chi connectivity index (χ0) is 18.4. The highest BCUT2D eigenvalue weighted by atomic mass is 16.6. The summed E-state index contributed by atoms with van der Waals surface area (Å²) in [7, 11) is 3.16. The fourth-order valence-electron chi connectivity index (χ4n) is 2.61. The van der Waals surface area contributed by atoms with Gasteiger partial charge in [-0.2, -0.15) is 0 Å². The van der Waals surface area contributed by atoms with Crippen LogP contribution in [0.5, 0.6) is 23.0 Å². The molecular formula is C19H22N2O5. The molecule has 0 bridgehead atoms. The number of methoxy groups -OCH3 is 2. The minimum absolute atomic E-state index is 0.225. The van der Waals surface area contributed by atoms with Crippen molar-refractivity contribution in [2.45, 2.75) is 12.6 Å². The van der Waals surface area contributed by atoms with Gasteiger partial charge in [0.1, 0.15) is 6.61 Å². The summed E-state index contributed by atoms with van der Waals surface area (Å²) in [6, 6.07) is 12.7. The first kappa shape index (κ1) is 17.7. The maximum absolute atomic E-state index is 12.0. The minimum Gasteiger partial charge on any atom is -0.493 e. The Morgan fingerprint density at radius 2 is 1.85 bits per heavy atom. The Morgan fingerprint density at radius 3 is 2.62 bits per heavy atom. The summed E-state index contributed by atoms with van der Waals surface area (Å²) in [5.74, 6) is 2.69. The van der Waals surface area contributed by atoms with E-state index in [0.29, 0.717) is 36.9 Å². The van der Waals surface area contributed by atoms with Crippen LogP contribution in [0.15, 0.2) is 42.5 Å². The van der Waals surface area contributed by atoms with Crippen LogP contribution in [0.4, 0.5) is 4.79 Å². The smallest absolute Gasteiger partial charge is 0.315 e. The van der Waals surface area contributed by atoms with Gasteiger partial charge in [0.15, 0.2) is 29.1 Å². The van der Waals surface area contributed by atoms with Gasteiger partial charge in [0.2, 0.25) is 0 Å². The lowest BCUT2D eigenvalue weighted by atomic mass is 10.2. The van der Waals surface area contributed by atoms with Gasteiger partial charge < -0.3 is 29.6 Å². The van der Waals surface area contributed by atoms with Gasteiger partial charge in [-0.05, 0) is 29.8 Å². The van der Waals surface area contributed by atoms with Crippen molar-refractivity contribution in [1.82, 2.24) is 10.6 Å². The number of amides is 2. The molecule has 0 aliphatic carbocycles. The Bertz CT molecular complexity index is 765. The molecule has 7 nitrogen and oxygen atoms in total. The Balaban J connectivity index is 1.45. The number of urea groups is 1. The van der Waals surface area contributed by atoms with Crippen LogP contribution in [-0.4, -0.2) is 39.5 Å². The summed E-state index contributed by atoms with van der Waals surface area (Å²) >= 11 is 0. The standard InChI is InChI=1S/C19H22N2O5/c1-23-15-8-7-13(9-18(15)24-2)10-20-19(22)21-11-14-12-25-16-5-3-4-6-17(16)26-14/h3-9,14H,10-12H2,1-2H3,(H2,20,21,22)/t14-/m0/s1. The Hall–Kier alpha value is -3.09. The lowest BCUT2D eigenvalue weighted by Crippen LogP contribution is -2.44. The zero-order valence-electron chi connectivity index (χ0n) is 14.8. The molecule has 1 heterocycles. The number of fused-ring (bicyclic) bond motifs is 1. The maximum atomic E-state index is 12.0. The second-order valence-corrected chi connectivity index (χ2v) is 5.75. The predicted octanol–water partition coefficient (Wildman–Crippen LogP) is 2.34. The SMILES string of the molecule is COc1ccc(CNC(=O)NC[C@H]2COc3ccccc3O2)cc1OC. The molecule has 1 aliphatic rings. The third-order valence-corrected chi connectivity index (χ3v) is 3.96. The second kappa shape index (κ2) is 8.33. The van der Waals surface area contributed by atoms with E-state index in [1.165, 1.54) is 0 Å². The van der Waals surface area contributed by atoms with Crippen LogP contribution in [-0.2, 0) is 6.54 Å². The first-order valence-corrected chi connectivity index (χ1v) is 8.30. The maximum Gasteiger partial charge on any atom is 0.315 e. The third-order valence-electron chi connectivity index (χ3n) is 3.96. The van der Waals surface area contributed by atoms with E-state index >= 15 is 0 Å². The second-order valence-electron chi connectivity index (χ2n) is 5.75. The van der Waals surface area contributed by atoms with Gasteiger partial charge in [-0.1, -0.05) is 18.2 Å². The van der Waals surface area contributed by atoms with Crippen LogP contribution in [0, 0.1) is 0 Å². The highest BCUT2D eigenvalue weighted by Gasteiger charge is 2.20. The number of hydrogen-bond acceptors (Lipinski definition) is 5. The number of nitrogens with one attached hydrogen (secondary N) is 2. The van der Waals surface area contributed by atoms with Gasteiger partial charge in [0, 0.05) is 6.54 Å². The molecule has 0 aromatic heterocycles. The minimum atomic E-state index is -0.276. The van der Waals surface area contributed by atoms with E-state index in [9.17, 15) is 4.79 Å². The average Bonchev–Trinajstić information content (AvgIpc) is 2.70. The molecule has 138 valence electrons. The predicted molar refractivity (Wildman–Crippen MR) is 96.1 cm³/mol. The van der Waals surface area contributed by atoms with Gasteiger partial charge in [-0.3, -0.25) is 0 Å². The Morgan fingerprint density at radius 1 is 1.08 bits per heavy atom. The molecule has 2 amide bonds.